The van der Waals surface area contributed by atoms with Gasteiger partial charge in [0, 0.05) is 14.5 Å². The molecule has 0 fully saturated rings. The average molecular weight is 321 g/mol. The van der Waals surface area contributed by atoms with Crippen LogP contribution in [0.5, 0.6) is 0 Å². The zero-order valence-corrected chi connectivity index (χ0v) is 10.7. The quantitative estimate of drug-likeness (QED) is 0.662. The van der Waals surface area contributed by atoms with Crippen LogP contribution in [0.15, 0.2) is 33.7 Å². The van der Waals surface area contributed by atoms with Gasteiger partial charge >= 0.3 is 0 Å². The minimum atomic E-state index is -0.596. The highest BCUT2D eigenvalue weighted by Gasteiger charge is 2.12. The third-order valence-corrected chi connectivity index (χ3v) is 2.99. The summed E-state index contributed by atoms with van der Waals surface area (Å²) in [6.45, 7) is 3.58. The van der Waals surface area contributed by atoms with Gasteiger partial charge in [0.15, 0.2) is 0 Å². The highest BCUT2D eigenvalue weighted by Crippen LogP contribution is 2.33. The maximum atomic E-state index is 9.76. The summed E-state index contributed by atoms with van der Waals surface area (Å²) >= 11 is 6.67. The van der Waals surface area contributed by atoms with Gasteiger partial charge in [-0.3, -0.25) is 0 Å². The number of rotatable bonds is 3. The van der Waals surface area contributed by atoms with Gasteiger partial charge in [-0.15, -0.1) is 6.58 Å². The Morgan fingerprint density at radius 2 is 2.14 bits per heavy atom. The molecule has 0 bridgehead atoms. The lowest BCUT2D eigenvalue weighted by molar-refractivity contribution is 0.182. The van der Waals surface area contributed by atoms with Crippen molar-refractivity contribution in [1.29, 1.82) is 0 Å². The second-order valence-corrected chi connectivity index (χ2v) is 4.70. The minimum absolute atomic E-state index is 0.493. The van der Waals surface area contributed by atoms with Gasteiger partial charge in [0.05, 0.1) is 11.8 Å². The van der Waals surface area contributed by atoms with Gasteiger partial charge in [0.2, 0.25) is 0 Å². The van der Waals surface area contributed by atoms with E-state index in [1.54, 1.807) is 6.08 Å². The van der Waals surface area contributed by atoms with E-state index in [0.29, 0.717) is 17.7 Å². The molecule has 1 aromatic carbocycles. The van der Waals surface area contributed by atoms with Crippen LogP contribution in [-0.2, 0) is 0 Å². The summed E-state index contributed by atoms with van der Waals surface area (Å²) in [5.74, 6) is 0. The molecule has 1 aromatic rings. The smallest absolute Gasteiger partial charge is 0.0845 e. The molecular formula is C10H11Br2NO. The number of nitrogen functional groups attached to an aromatic ring is 1. The molecule has 3 N–H and O–H groups in total. The Balaban J connectivity index is 3.12. The zero-order chi connectivity index (χ0) is 10.7. The summed E-state index contributed by atoms with van der Waals surface area (Å²) in [4.78, 5) is 0. The fourth-order valence-corrected chi connectivity index (χ4v) is 2.42. The van der Waals surface area contributed by atoms with Gasteiger partial charge in [0.25, 0.3) is 0 Å². The summed E-state index contributed by atoms with van der Waals surface area (Å²) in [7, 11) is 0. The van der Waals surface area contributed by atoms with Crippen LogP contribution in [0.3, 0.4) is 0 Å². The molecule has 0 aliphatic rings. The molecule has 0 saturated heterocycles. The highest BCUT2D eigenvalue weighted by atomic mass is 79.9. The summed E-state index contributed by atoms with van der Waals surface area (Å²) in [6.07, 6.45) is 1.56. The van der Waals surface area contributed by atoms with E-state index < -0.39 is 6.10 Å². The van der Waals surface area contributed by atoms with Crippen molar-refractivity contribution >= 4 is 37.5 Å². The number of halogens is 2. The number of hydrogen-bond acceptors (Lipinski definition) is 2. The molecule has 0 amide bonds. The molecule has 0 radical (unpaired) electrons. The summed E-state index contributed by atoms with van der Waals surface area (Å²) in [6, 6.07) is 3.66. The average Bonchev–Trinajstić information content (AvgIpc) is 2.11. The molecular weight excluding hydrogens is 310 g/mol. The van der Waals surface area contributed by atoms with E-state index in [1.165, 1.54) is 0 Å². The van der Waals surface area contributed by atoms with E-state index in [0.717, 1.165) is 8.95 Å². The largest absolute Gasteiger partial charge is 0.398 e. The van der Waals surface area contributed by atoms with Crippen molar-refractivity contribution in [3.05, 3.63) is 39.3 Å². The predicted octanol–water partition coefficient (Wildman–Crippen LogP) is 3.40. The van der Waals surface area contributed by atoms with Crippen LogP contribution in [0, 0.1) is 0 Å². The maximum absolute atomic E-state index is 9.76. The lowest BCUT2D eigenvalue weighted by atomic mass is 10.0. The van der Waals surface area contributed by atoms with Crippen molar-refractivity contribution in [2.24, 2.45) is 0 Å². The topological polar surface area (TPSA) is 46.2 Å². The third-order valence-electron chi connectivity index (χ3n) is 1.88. The number of anilines is 1. The van der Waals surface area contributed by atoms with Crippen LogP contribution in [0.1, 0.15) is 18.1 Å². The Labute approximate surface area is 100 Å². The Morgan fingerprint density at radius 1 is 1.50 bits per heavy atom. The standard InChI is InChI=1S/C10H11Br2NO/c1-2-3-9(14)7-4-6(11)5-8(12)10(7)13/h2,4-5,9,14H,1,3,13H2. The van der Waals surface area contributed by atoms with Gasteiger partial charge in [-0.05, 0) is 34.5 Å². The molecule has 1 unspecified atom stereocenters. The van der Waals surface area contributed by atoms with Gasteiger partial charge in [0.1, 0.15) is 0 Å². The number of nitrogens with two attached hydrogens (primary N) is 1. The van der Waals surface area contributed by atoms with E-state index in [2.05, 4.69) is 38.4 Å². The van der Waals surface area contributed by atoms with E-state index in [1.807, 2.05) is 12.1 Å². The van der Waals surface area contributed by atoms with Crippen molar-refractivity contribution in [2.45, 2.75) is 12.5 Å². The Morgan fingerprint density at radius 3 is 2.71 bits per heavy atom. The fourth-order valence-electron chi connectivity index (χ4n) is 1.17. The van der Waals surface area contributed by atoms with Crippen molar-refractivity contribution < 1.29 is 5.11 Å². The number of hydrogen-bond donors (Lipinski definition) is 2. The van der Waals surface area contributed by atoms with Crippen LogP contribution in [-0.4, -0.2) is 5.11 Å². The zero-order valence-electron chi connectivity index (χ0n) is 7.50. The molecule has 0 spiro atoms. The highest BCUT2D eigenvalue weighted by molar-refractivity contribution is 9.11. The van der Waals surface area contributed by atoms with Gasteiger partial charge < -0.3 is 10.8 Å². The van der Waals surface area contributed by atoms with Crippen molar-refractivity contribution in [1.82, 2.24) is 0 Å². The van der Waals surface area contributed by atoms with Crippen LogP contribution in [0.2, 0.25) is 0 Å². The molecule has 0 saturated carbocycles. The van der Waals surface area contributed by atoms with Crippen molar-refractivity contribution in [3.8, 4) is 0 Å². The predicted molar refractivity (Wildman–Crippen MR) is 66.0 cm³/mol. The molecule has 1 rings (SSSR count). The van der Waals surface area contributed by atoms with Crippen LogP contribution in [0.25, 0.3) is 0 Å². The number of aliphatic hydroxyl groups excluding tert-OH is 1. The second-order valence-electron chi connectivity index (χ2n) is 2.93. The molecule has 76 valence electrons. The first-order valence-corrected chi connectivity index (χ1v) is 5.68. The molecule has 0 heterocycles. The number of aliphatic hydroxyl groups is 1. The van der Waals surface area contributed by atoms with E-state index in [4.69, 9.17) is 5.73 Å². The Kier molecular flexibility index (Phi) is 4.16. The van der Waals surface area contributed by atoms with Crippen LogP contribution >= 0.6 is 31.9 Å². The summed E-state index contributed by atoms with van der Waals surface area (Å²) in [5.41, 5.74) is 7.11. The monoisotopic (exact) mass is 319 g/mol. The van der Waals surface area contributed by atoms with Crippen molar-refractivity contribution in [2.75, 3.05) is 5.73 Å². The lowest BCUT2D eigenvalue weighted by Gasteiger charge is -2.13. The molecule has 0 aliphatic heterocycles. The van der Waals surface area contributed by atoms with Crippen LogP contribution < -0.4 is 5.73 Å². The first-order valence-electron chi connectivity index (χ1n) is 4.09. The van der Waals surface area contributed by atoms with E-state index in [-0.39, 0.29) is 0 Å². The molecule has 2 nitrogen and oxygen atoms in total. The van der Waals surface area contributed by atoms with Gasteiger partial charge in [-0.2, -0.15) is 0 Å². The summed E-state index contributed by atoms with van der Waals surface area (Å²) < 4.78 is 1.67. The first kappa shape index (κ1) is 11.8. The van der Waals surface area contributed by atoms with E-state index in [9.17, 15) is 5.11 Å². The minimum Gasteiger partial charge on any atom is -0.398 e. The van der Waals surface area contributed by atoms with Gasteiger partial charge in [-0.25, -0.2) is 0 Å². The fraction of sp³-hybridized carbons (Fsp3) is 0.200. The SMILES string of the molecule is C=CCC(O)c1cc(Br)cc(Br)c1N. The molecule has 14 heavy (non-hydrogen) atoms. The molecule has 4 heteroatoms. The first-order chi connectivity index (χ1) is 6.56. The normalized spacial score (nSPS) is 12.5. The molecule has 0 aliphatic carbocycles. The second kappa shape index (κ2) is 4.96. The maximum Gasteiger partial charge on any atom is 0.0845 e. The Bertz CT molecular complexity index is 352. The number of benzene rings is 1. The Hall–Kier alpha value is -0.320. The van der Waals surface area contributed by atoms with Crippen LogP contribution in [0.4, 0.5) is 5.69 Å². The van der Waals surface area contributed by atoms with Crippen molar-refractivity contribution in [3.63, 3.8) is 0 Å². The molecule has 1 atom stereocenters. The van der Waals surface area contributed by atoms with Gasteiger partial charge in [-0.1, -0.05) is 22.0 Å². The van der Waals surface area contributed by atoms with E-state index >= 15 is 0 Å². The lowest BCUT2D eigenvalue weighted by Crippen LogP contribution is -2.02. The molecule has 0 aromatic heterocycles. The summed E-state index contributed by atoms with van der Waals surface area (Å²) in [5, 5.41) is 9.76. The third kappa shape index (κ3) is 2.59.